The van der Waals surface area contributed by atoms with E-state index in [0.717, 1.165) is 28.8 Å². The molecule has 6 heteroatoms. The zero-order chi connectivity index (χ0) is 14.2. The summed E-state index contributed by atoms with van der Waals surface area (Å²) in [5, 5.41) is 11.8. The molecule has 0 radical (unpaired) electrons. The number of nitrogens with zero attached hydrogens (tertiary/aromatic N) is 5. The van der Waals surface area contributed by atoms with E-state index in [2.05, 4.69) is 25.6 Å². The predicted octanol–water partition coefficient (Wildman–Crippen LogP) is 1.77. The number of aromatic nitrogens is 5. The molecular weight excluding hydrogens is 264 g/mol. The first-order valence-electron chi connectivity index (χ1n) is 7.18. The minimum absolute atomic E-state index is 0.566. The number of hydrogen-bond acceptors (Lipinski definition) is 5. The van der Waals surface area contributed by atoms with E-state index in [-0.39, 0.29) is 0 Å². The summed E-state index contributed by atoms with van der Waals surface area (Å²) in [6.07, 6.45) is 4.44. The monoisotopic (exact) mass is 280 g/mol. The number of benzene rings is 1. The molecule has 106 valence electrons. The van der Waals surface area contributed by atoms with Gasteiger partial charge < -0.3 is 5.32 Å². The van der Waals surface area contributed by atoms with Crippen molar-refractivity contribution in [1.29, 1.82) is 0 Å². The maximum absolute atomic E-state index is 4.57. The van der Waals surface area contributed by atoms with Crippen LogP contribution in [0.1, 0.15) is 24.1 Å². The van der Waals surface area contributed by atoms with Gasteiger partial charge in [0.15, 0.2) is 0 Å². The van der Waals surface area contributed by atoms with Gasteiger partial charge in [-0.25, -0.2) is 9.97 Å². The molecule has 0 atom stereocenters. The van der Waals surface area contributed by atoms with Gasteiger partial charge in [0.2, 0.25) is 0 Å². The summed E-state index contributed by atoms with van der Waals surface area (Å²) in [6.45, 7) is 2.84. The van der Waals surface area contributed by atoms with E-state index in [1.165, 1.54) is 12.8 Å². The van der Waals surface area contributed by atoms with Gasteiger partial charge in [-0.05, 0) is 31.9 Å². The fourth-order valence-electron chi connectivity index (χ4n) is 2.31. The molecule has 1 fully saturated rings. The molecule has 0 spiro atoms. The van der Waals surface area contributed by atoms with Crippen molar-refractivity contribution in [3.63, 3.8) is 0 Å². The van der Waals surface area contributed by atoms with Crippen molar-refractivity contribution in [2.75, 3.05) is 0 Å². The molecule has 4 rings (SSSR count). The molecule has 3 aromatic rings. The van der Waals surface area contributed by atoms with Gasteiger partial charge in [-0.2, -0.15) is 4.68 Å². The van der Waals surface area contributed by atoms with Crippen LogP contribution in [0.25, 0.3) is 17.0 Å². The Morgan fingerprint density at radius 1 is 1.29 bits per heavy atom. The molecule has 1 aliphatic rings. The maximum Gasteiger partial charge on any atom is 0.252 e. The van der Waals surface area contributed by atoms with E-state index in [1.807, 2.05) is 37.4 Å². The van der Waals surface area contributed by atoms with Crippen LogP contribution < -0.4 is 5.32 Å². The molecule has 21 heavy (non-hydrogen) atoms. The number of nitrogens with one attached hydrogen (secondary N) is 1. The number of aryl methyl sites for hydroxylation is 1. The third-order valence-electron chi connectivity index (χ3n) is 3.77. The molecular formula is C15H16N6. The summed E-state index contributed by atoms with van der Waals surface area (Å²) in [7, 11) is 0. The van der Waals surface area contributed by atoms with Gasteiger partial charge in [-0.3, -0.25) is 0 Å². The maximum atomic E-state index is 4.57. The van der Waals surface area contributed by atoms with Crippen LogP contribution in [0.2, 0.25) is 0 Å². The Kier molecular flexibility index (Phi) is 2.89. The van der Waals surface area contributed by atoms with Gasteiger partial charge in [-0.1, -0.05) is 17.3 Å². The highest BCUT2D eigenvalue weighted by Gasteiger charge is 2.20. The van der Waals surface area contributed by atoms with Crippen molar-refractivity contribution in [2.24, 2.45) is 0 Å². The number of rotatable bonds is 4. The smallest absolute Gasteiger partial charge is 0.252 e. The van der Waals surface area contributed by atoms with Crippen molar-refractivity contribution < 1.29 is 0 Å². The molecule has 2 aromatic heterocycles. The normalized spacial score (nSPS) is 14.7. The summed E-state index contributed by atoms with van der Waals surface area (Å²) >= 11 is 0. The molecule has 0 unspecified atom stereocenters. The highest BCUT2D eigenvalue weighted by Crippen LogP contribution is 2.20. The van der Waals surface area contributed by atoms with Crippen LogP contribution in [-0.2, 0) is 6.54 Å². The van der Waals surface area contributed by atoms with Crippen molar-refractivity contribution in [2.45, 2.75) is 32.4 Å². The van der Waals surface area contributed by atoms with E-state index in [1.54, 1.807) is 4.68 Å². The van der Waals surface area contributed by atoms with E-state index in [0.29, 0.717) is 12.0 Å². The SMILES string of the molecule is Cc1nc(-n2nnc3ccccc32)ncc1CNC1CC1. The zero-order valence-corrected chi connectivity index (χ0v) is 11.8. The summed E-state index contributed by atoms with van der Waals surface area (Å²) in [5.41, 5.74) is 3.88. The van der Waals surface area contributed by atoms with Gasteiger partial charge in [0.05, 0.1) is 5.52 Å². The molecule has 2 heterocycles. The van der Waals surface area contributed by atoms with Gasteiger partial charge in [0, 0.05) is 30.0 Å². The minimum Gasteiger partial charge on any atom is -0.310 e. The fourth-order valence-corrected chi connectivity index (χ4v) is 2.31. The molecule has 0 aliphatic heterocycles. The summed E-state index contributed by atoms with van der Waals surface area (Å²) < 4.78 is 1.68. The minimum atomic E-state index is 0.566. The Morgan fingerprint density at radius 2 is 2.14 bits per heavy atom. The Morgan fingerprint density at radius 3 is 2.95 bits per heavy atom. The molecule has 1 aliphatic carbocycles. The second-order valence-corrected chi connectivity index (χ2v) is 5.43. The third-order valence-corrected chi connectivity index (χ3v) is 3.77. The number of fused-ring (bicyclic) bond motifs is 1. The summed E-state index contributed by atoms with van der Waals surface area (Å²) in [6, 6.07) is 8.49. The van der Waals surface area contributed by atoms with Crippen LogP contribution in [0.3, 0.4) is 0 Å². The highest BCUT2D eigenvalue weighted by molar-refractivity contribution is 5.75. The molecule has 1 aromatic carbocycles. The number of para-hydroxylation sites is 1. The molecule has 1 N–H and O–H groups in total. The van der Waals surface area contributed by atoms with E-state index < -0.39 is 0 Å². The fraction of sp³-hybridized carbons (Fsp3) is 0.333. The van der Waals surface area contributed by atoms with Gasteiger partial charge in [0.25, 0.3) is 5.95 Å². The van der Waals surface area contributed by atoms with E-state index in [4.69, 9.17) is 0 Å². The molecule has 0 saturated heterocycles. The molecule has 6 nitrogen and oxygen atoms in total. The molecule has 0 bridgehead atoms. The first-order valence-corrected chi connectivity index (χ1v) is 7.18. The van der Waals surface area contributed by atoms with Crippen LogP contribution >= 0.6 is 0 Å². The average Bonchev–Trinajstić information content (AvgIpc) is 3.23. The van der Waals surface area contributed by atoms with Crippen LogP contribution in [-0.4, -0.2) is 31.0 Å². The van der Waals surface area contributed by atoms with Crippen molar-refractivity contribution in [3.05, 3.63) is 41.7 Å². The van der Waals surface area contributed by atoms with Gasteiger partial charge in [-0.15, -0.1) is 5.10 Å². The Balaban J connectivity index is 1.67. The van der Waals surface area contributed by atoms with Gasteiger partial charge >= 0.3 is 0 Å². The lowest BCUT2D eigenvalue weighted by Crippen LogP contribution is -2.17. The van der Waals surface area contributed by atoms with Gasteiger partial charge in [0.1, 0.15) is 5.52 Å². The first-order chi connectivity index (χ1) is 10.3. The lowest BCUT2D eigenvalue weighted by molar-refractivity contribution is 0.675. The van der Waals surface area contributed by atoms with Crippen LogP contribution in [0.15, 0.2) is 30.5 Å². The van der Waals surface area contributed by atoms with Crippen molar-refractivity contribution >= 4 is 11.0 Å². The molecule has 1 saturated carbocycles. The standard InChI is InChI=1S/C15H16N6/c1-10-11(8-16-12-6-7-12)9-17-15(18-10)21-14-5-3-2-4-13(14)19-20-21/h2-5,9,12,16H,6-8H2,1H3. The quantitative estimate of drug-likeness (QED) is 0.789. The lowest BCUT2D eigenvalue weighted by atomic mass is 10.2. The van der Waals surface area contributed by atoms with E-state index >= 15 is 0 Å². The lowest BCUT2D eigenvalue weighted by Gasteiger charge is -2.07. The average molecular weight is 280 g/mol. The summed E-state index contributed by atoms with van der Waals surface area (Å²) in [4.78, 5) is 9.01. The Labute approximate surface area is 122 Å². The second-order valence-electron chi connectivity index (χ2n) is 5.43. The topological polar surface area (TPSA) is 68.5 Å². The first kappa shape index (κ1) is 12.4. The third kappa shape index (κ3) is 2.38. The van der Waals surface area contributed by atoms with Crippen LogP contribution in [0, 0.1) is 6.92 Å². The second kappa shape index (κ2) is 4.89. The molecule has 0 amide bonds. The Bertz CT molecular complexity index is 790. The number of hydrogen-bond donors (Lipinski definition) is 1. The predicted molar refractivity (Wildman–Crippen MR) is 79.1 cm³/mol. The van der Waals surface area contributed by atoms with Crippen LogP contribution in [0.5, 0.6) is 0 Å². The van der Waals surface area contributed by atoms with Crippen molar-refractivity contribution in [1.82, 2.24) is 30.3 Å². The largest absolute Gasteiger partial charge is 0.310 e. The Hall–Kier alpha value is -2.34. The van der Waals surface area contributed by atoms with Crippen molar-refractivity contribution in [3.8, 4) is 5.95 Å². The van der Waals surface area contributed by atoms with E-state index in [9.17, 15) is 0 Å². The zero-order valence-electron chi connectivity index (χ0n) is 11.8. The van der Waals surface area contributed by atoms with Crippen LogP contribution in [0.4, 0.5) is 0 Å². The summed E-state index contributed by atoms with van der Waals surface area (Å²) in [5.74, 6) is 0.566. The highest BCUT2D eigenvalue weighted by atomic mass is 15.5.